The lowest BCUT2D eigenvalue weighted by Crippen LogP contribution is -2.00. The van der Waals surface area contributed by atoms with E-state index in [-0.39, 0.29) is 0 Å². The molecule has 0 saturated carbocycles. The molecule has 0 radical (unpaired) electrons. The van der Waals surface area contributed by atoms with Gasteiger partial charge in [0.25, 0.3) is 0 Å². The molecule has 2 N–H and O–H groups in total. The van der Waals surface area contributed by atoms with Crippen molar-refractivity contribution in [1.82, 2.24) is 9.78 Å². The van der Waals surface area contributed by atoms with E-state index in [0.29, 0.717) is 11.4 Å². The third-order valence-corrected chi connectivity index (χ3v) is 4.78. The number of hydrogen-bond acceptors (Lipinski definition) is 3. The third kappa shape index (κ3) is 2.69. The second kappa shape index (κ2) is 5.69. The SMILES string of the molecule is CCn1nc(CS(=O)c2ccc(N)cc2)c2ccccc21. The van der Waals surface area contributed by atoms with Gasteiger partial charge in [-0.05, 0) is 37.3 Å². The maximum Gasteiger partial charge on any atom is 0.0831 e. The fourth-order valence-corrected chi connectivity index (χ4v) is 3.44. The first-order valence-corrected chi connectivity index (χ1v) is 8.19. The topological polar surface area (TPSA) is 60.9 Å². The van der Waals surface area contributed by atoms with Crippen LogP contribution in [0.1, 0.15) is 12.6 Å². The molecule has 1 aromatic heterocycles. The van der Waals surface area contributed by atoms with Gasteiger partial charge >= 0.3 is 0 Å². The van der Waals surface area contributed by atoms with Gasteiger partial charge in [0.2, 0.25) is 0 Å². The monoisotopic (exact) mass is 299 g/mol. The zero-order valence-corrected chi connectivity index (χ0v) is 12.6. The quantitative estimate of drug-likeness (QED) is 0.753. The van der Waals surface area contributed by atoms with Crippen molar-refractivity contribution in [2.24, 2.45) is 0 Å². The number of nitrogens with two attached hydrogens (primary N) is 1. The van der Waals surface area contributed by atoms with E-state index in [4.69, 9.17) is 5.73 Å². The molecular formula is C16H17N3OS. The number of benzene rings is 2. The Morgan fingerprint density at radius 2 is 1.86 bits per heavy atom. The highest BCUT2D eigenvalue weighted by Gasteiger charge is 2.13. The summed E-state index contributed by atoms with van der Waals surface area (Å²) < 4.78 is 14.4. The Morgan fingerprint density at radius 3 is 2.57 bits per heavy atom. The molecule has 1 unspecified atom stereocenters. The van der Waals surface area contributed by atoms with Gasteiger partial charge in [-0.15, -0.1) is 0 Å². The summed E-state index contributed by atoms with van der Waals surface area (Å²) in [4.78, 5) is 0.777. The van der Waals surface area contributed by atoms with Crippen LogP contribution in [0.5, 0.6) is 0 Å². The first kappa shape index (κ1) is 13.8. The molecule has 3 rings (SSSR count). The number of aryl methyl sites for hydroxylation is 1. The number of fused-ring (bicyclic) bond motifs is 1. The van der Waals surface area contributed by atoms with Gasteiger partial charge in [0.1, 0.15) is 0 Å². The van der Waals surface area contributed by atoms with Gasteiger partial charge in [-0.1, -0.05) is 18.2 Å². The van der Waals surface area contributed by atoms with Crippen LogP contribution in [-0.2, 0) is 23.1 Å². The zero-order chi connectivity index (χ0) is 14.8. The summed E-state index contributed by atoms with van der Waals surface area (Å²) >= 11 is 0. The van der Waals surface area contributed by atoms with Crippen molar-refractivity contribution < 1.29 is 4.21 Å². The van der Waals surface area contributed by atoms with E-state index in [1.807, 2.05) is 41.1 Å². The average Bonchev–Trinajstić information content (AvgIpc) is 2.86. The number of hydrogen-bond donors (Lipinski definition) is 1. The number of nitrogen functional groups attached to an aromatic ring is 1. The van der Waals surface area contributed by atoms with Crippen LogP contribution in [0.15, 0.2) is 53.4 Å². The Morgan fingerprint density at radius 1 is 1.14 bits per heavy atom. The van der Waals surface area contributed by atoms with Gasteiger partial charge in [0, 0.05) is 22.5 Å². The molecular weight excluding hydrogens is 282 g/mol. The third-order valence-electron chi connectivity index (χ3n) is 3.44. The van der Waals surface area contributed by atoms with Crippen LogP contribution in [0.25, 0.3) is 10.9 Å². The number of aromatic nitrogens is 2. The summed E-state index contributed by atoms with van der Waals surface area (Å²) in [5, 5.41) is 5.66. The van der Waals surface area contributed by atoms with E-state index in [1.165, 1.54) is 0 Å². The lowest BCUT2D eigenvalue weighted by atomic mass is 10.2. The molecule has 0 saturated heterocycles. The first-order chi connectivity index (χ1) is 10.2. The molecule has 3 aromatic rings. The van der Waals surface area contributed by atoms with Gasteiger partial charge in [-0.2, -0.15) is 5.10 Å². The molecule has 4 nitrogen and oxygen atoms in total. The fraction of sp³-hybridized carbons (Fsp3) is 0.188. The molecule has 108 valence electrons. The van der Waals surface area contributed by atoms with Crippen LogP contribution < -0.4 is 5.73 Å². The summed E-state index contributed by atoms with van der Waals surface area (Å²) in [6.07, 6.45) is 0. The lowest BCUT2D eigenvalue weighted by Gasteiger charge is -2.01. The summed E-state index contributed by atoms with van der Waals surface area (Å²) in [6, 6.07) is 15.2. The van der Waals surface area contributed by atoms with Crippen LogP contribution >= 0.6 is 0 Å². The van der Waals surface area contributed by atoms with Gasteiger partial charge in [-0.3, -0.25) is 8.89 Å². The Kier molecular flexibility index (Phi) is 3.75. The van der Waals surface area contributed by atoms with E-state index in [0.717, 1.165) is 28.0 Å². The van der Waals surface area contributed by atoms with Crippen LogP contribution in [0, 0.1) is 0 Å². The summed E-state index contributed by atoms with van der Waals surface area (Å²) in [5.41, 5.74) is 8.30. The largest absolute Gasteiger partial charge is 0.399 e. The van der Waals surface area contributed by atoms with E-state index in [9.17, 15) is 4.21 Å². The summed E-state index contributed by atoms with van der Waals surface area (Å²) in [6.45, 7) is 2.86. The van der Waals surface area contributed by atoms with E-state index >= 15 is 0 Å². The number of nitrogens with zero attached hydrogens (tertiary/aromatic N) is 2. The Balaban J connectivity index is 1.94. The molecule has 5 heteroatoms. The molecule has 1 atom stereocenters. The van der Waals surface area contributed by atoms with Crippen LogP contribution in [0.3, 0.4) is 0 Å². The normalized spacial score (nSPS) is 12.6. The maximum absolute atomic E-state index is 12.5. The number of anilines is 1. The highest BCUT2D eigenvalue weighted by atomic mass is 32.2. The molecule has 0 aliphatic heterocycles. The standard InChI is InChI=1S/C16H17N3OS/c1-2-19-16-6-4-3-5-14(16)15(18-19)11-21(20)13-9-7-12(17)8-10-13/h3-10H,2,11,17H2,1H3. The van der Waals surface area contributed by atoms with E-state index in [1.54, 1.807) is 12.1 Å². The van der Waals surface area contributed by atoms with E-state index < -0.39 is 10.8 Å². The van der Waals surface area contributed by atoms with Crippen molar-refractivity contribution in [3.05, 3.63) is 54.2 Å². The maximum atomic E-state index is 12.5. The van der Waals surface area contributed by atoms with Crippen molar-refractivity contribution in [2.75, 3.05) is 5.73 Å². The fourth-order valence-electron chi connectivity index (χ4n) is 2.37. The molecule has 21 heavy (non-hydrogen) atoms. The first-order valence-electron chi connectivity index (χ1n) is 6.87. The van der Waals surface area contributed by atoms with Crippen LogP contribution in [-0.4, -0.2) is 14.0 Å². The second-order valence-corrected chi connectivity index (χ2v) is 6.29. The Bertz CT molecular complexity index is 793. The minimum Gasteiger partial charge on any atom is -0.399 e. The summed E-state index contributed by atoms with van der Waals surface area (Å²) in [7, 11) is -1.12. The smallest absolute Gasteiger partial charge is 0.0831 e. The predicted octanol–water partition coefficient (Wildman–Crippen LogP) is 2.95. The van der Waals surface area contributed by atoms with Crippen molar-refractivity contribution in [2.45, 2.75) is 24.1 Å². The molecule has 0 bridgehead atoms. The second-order valence-electron chi connectivity index (χ2n) is 4.84. The van der Waals surface area contributed by atoms with Gasteiger partial charge in [-0.25, -0.2) is 0 Å². The minimum atomic E-state index is -1.12. The Hall–Kier alpha value is -2.14. The molecule has 0 aliphatic carbocycles. The average molecular weight is 299 g/mol. The van der Waals surface area contributed by atoms with Crippen molar-refractivity contribution >= 4 is 27.4 Å². The van der Waals surface area contributed by atoms with Crippen LogP contribution in [0.4, 0.5) is 5.69 Å². The van der Waals surface area contributed by atoms with Gasteiger partial charge < -0.3 is 5.73 Å². The molecule has 0 fully saturated rings. The molecule has 0 aliphatic rings. The molecule has 0 amide bonds. The highest BCUT2D eigenvalue weighted by Crippen LogP contribution is 2.21. The number of rotatable bonds is 4. The minimum absolute atomic E-state index is 0.414. The molecule has 2 aromatic carbocycles. The van der Waals surface area contributed by atoms with Gasteiger partial charge in [0.15, 0.2) is 0 Å². The molecule has 0 spiro atoms. The van der Waals surface area contributed by atoms with Gasteiger partial charge in [0.05, 0.1) is 27.8 Å². The lowest BCUT2D eigenvalue weighted by molar-refractivity contribution is 0.667. The zero-order valence-electron chi connectivity index (χ0n) is 11.8. The predicted molar refractivity (Wildman–Crippen MR) is 86.4 cm³/mol. The number of para-hydroxylation sites is 1. The van der Waals surface area contributed by atoms with Crippen molar-refractivity contribution in [3.8, 4) is 0 Å². The summed E-state index contributed by atoms with van der Waals surface area (Å²) in [5.74, 6) is 0.414. The van der Waals surface area contributed by atoms with Crippen LogP contribution in [0.2, 0.25) is 0 Å². The van der Waals surface area contributed by atoms with E-state index in [2.05, 4.69) is 12.0 Å². The van der Waals surface area contributed by atoms with Crippen molar-refractivity contribution in [3.63, 3.8) is 0 Å². The Labute approximate surface area is 126 Å². The van der Waals surface area contributed by atoms with Crippen molar-refractivity contribution in [1.29, 1.82) is 0 Å². The molecule has 1 heterocycles. The highest BCUT2D eigenvalue weighted by molar-refractivity contribution is 7.84.